The van der Waals surface area contributed by atoms with Crippen molar-refractivity contribution in [2.24, 2.45) is 0 Å². The lowest BCUT2D eigenvalue weighted by Crippen LogP contribution is -2.19. The predicted molar refractivity (Wildman–Crippen MR) is 87.8 cm³/mol. The molecule has 1 atom stereocenters. The Morgan fingerprint density at radius 3 is 2.57 bits per heavy atom. The summed E-state index contributed by atoms with van der Waals surface area (Å²) in [5.41, 5.74) is 3.08. The average Bonchev–Trinajstić information content (AvgIpc) is 2.87. The molecule has 2 aromatic carbocycles. The van der Waals surface area contributed by atoms with Crippen LogP contribution in [0.2, 0.25) is 10.0 Å². The smallest absolute Gasteiger partial charge is 0.124 e. The fourth-order valence-electron chi connectivity index (χ4n) is 2.26. The molecule has 3 rings (SSSR count). The van der Waals surface area contributed by atoms with Crippen molar-refractivity contribution in [1.82, 2.24) is 15.3 Å². The van der Waals surface area contributed by atoms with Crippen LogP contribution in [-0.4, -0.2) is 9.97 Å². The molecule has 0 saturated carbocycles. The third-order valence-corrected chi connectivity index (χ3v) is 3.79. The van der Waals surface area contributed by atoms with Crippen LogP contribution < -0.4 is 5.32 Å². The lowest BCUT2D eigenvalue weighted by Gasteiger charge is -2.11. The van der Waals surface area contributed by atoms with E-state index in [1.807, 2.05) is 36.4 Å². The number of para-hydroxylation sites is 2. The number of aromatic amines is 1. The van der Waals surface area contributed by atoms with Gasteiger partial charge in [0.1, 0.15) is 5.82 Å². The highest BCUT2D eigenvalue weighted by Gasteiger charge is 2.10. The molecule has 0 fully saturated rings. The summed E-state index contributed by atoms with van der Waals surface area (Å²) in [4.78, 5) is 7.92. The molecule has 21 heavy (non-hydrogen) atoms. The Balaban J connectivity index is 1.72. The van der Waals surface area contributed by atoms with Gasteiger partial charge in [-0.1, -0.05) is 35.3 Å². The van der Waals surface area contributed by atoms with Crippen molar-refractivity contribution in [1.29, 1.82) is 0 Å². The van der Waals surface area contributed by atoms with Gasteiger partial charge in [-0.3, -0.25) is 0 Å². The van der Waals surface area contributed by atoms with Crippen molar-refractivity contribution in [3.05, 3.63) is 63.9 Å². The van der Waals surface area contributed by atoms with E-state index in [1.165, 1.54) is 0 Å². The van der Waals surface area contributed by atoms with E-state index >= 15 is 0 Å². The minimum atomic E-state index is 0.107. The van der Waals surface area contributed by atoms with Crippen molar-refractivity contribution in [2.45, 2.75) is 19.5 Å². The van der Waals surface area contributed by atoms with Gasteiger partial charge in [0.2, 0.25) is 0 Å². The number of rotatable bonds is 4. The molecule has 0 aliphatic carbocycles. The number of nitrogens with one attached hydrogen (secondary N) is 2. The van der Waals surface area contributed by atoms with E-state index < -0.39 is 0 Å². The molecule has 2 N–H and O–H groups in total. The first-order valence-electron chi connectivity index (χ1n) is 6.75. The van der Waals surface area contributed by atoms with Crippen LogP contribution in [0.3, 0.4) is 0 Å². The van der Waals surface area contributed by atoms with E-state index in [2.05, 4.69) is 22.2 Å². The molecule has 0 saturated heterocycles. The second kappa shape index (κ2) is 6.06. The van der Waals surface area contributed by atoms with E-state index in [4.69, 9.17) is 23.2 Å². The SMILES string of the molecule is CC(NCc1cc(Cl)cc(Cl)c1)c1nc2ccccc2[nH]1. The maximum absolute atomic E-state index is 6.01. The predicted octanol–water partition coefficient (Wildman–Crippen LogP) is 4.72. The first-order valence-corrected chi connectivity index (χ1v) is 7.50. The highest BCUT2D eigenvalue weighted by Crippen LogP contribution is 2.20. The molecule has 5 heteroatoms. The van der Waals surface area contributed by atoms with Crippen molar-refractivity contribution in [2.75, 3.05) is 0 Å². The first kappa shape index (κ1) is 14.4. The number of benzene rings is 2. The van der Waals surface area contributed by atoms with Crippen LogP contribution in [0, 0.1) is 0 Å². The van der Waals surface area contributed by atoms with Gasteiger partial charge < -0.3 is 10.3 Å². The number of hydrogen-bond acceptors (Lipinski definition) is 2. The molecule has 3 nitrogen and oxygen atoms in total. The van der Waals surface area contributed by atoms with E-state index in [0.717, 1.165) is 22.4 Å². The Bertz CT molecular complexity index is 714. The normalized spacial score (nSPS) is 12.7. The molecule has 0 aliphatic rings. The highest BCUT2D eigenvalue weighted by atomic mass is 35.5. The highest BCUT2D eigenvalue weighted by molar-refractivity contribution is 6.34. The minimum absolute atomic E-state index is 0.107. The van der Waals surface area contributed by atoms with Crippen molar-refractivity contribution in [3.63, 3.8) is 0 Å². The number of H-pyrrole nitrogens is 1. The van der Waals surface area contributed by atoms with Crippen molar-refractivity contribution in [3.8, 4) is 0 Å². The zero-order valence-electron chi connectivity index (χ0n) is 11.5. The maximum Gasteiger partial charge on any atom is 0.124 e. The summed E-state index contributed by atoms with van der Waals surface area (Å²) in [6.45, 7) is 2.75. The molecule has 0 aliphatic heterocycles. The maximum atomic E-state index is 6.01. The summed E-state index contributed by atoms with van der Waals surface area (Å²) in [7, 11) is 0. The van der Waals surface area contributed by atoms with Gasteiger partial charge in [0.05, 0.1) is 17.1 Å². The molecule has 0 bridgehead atoms. The summed E-state index contributed by atoms with van der Waals surface area (Å²) in [5, 5.41) is 4.72. The molecule has 108 valence electrons. The fourth-order valence-corrected chi connectivity index (χ4v) is 2.83. The molecular formula is C16H15Cl2N3. The fraction of sp³-hybridized carbons (Fsp3) is 0.188. The number of imidazole rings is 1. The number of halogens is 2. The van der Waals surface area contributed by atoms with Crippen LogP contribution in [0.5, 0.6) is 0 Å². The molecule has 1 aromatic heterocycles. The number of nitrogens with zero attached hydrogens (tertiary/aromatic N) is 1. The van der Waals surface area contributed by atoms with Crippen molar-refractivity contribution < 1.29 is 0 Å². The van der Waals surface area contributed by atoms with Gasteiger partial charge in [0.25, 0.3) is 0 Å². The molecule has 1 heterocycles. The minimum Gasteiger partial charge on any atom is -0.341 e. The molecule has 0 amide bonds. The lowest BCUT2D eigenvalue weighted by molar-refractivity contribution is 0.552. The van der Waals surface area contributed by atoms with Gasteiger partial charge >= 0.3 is 0 Å². The standard InChI is InChI=1S/C16H15Cl2N3/c1-10(16-20-14-4-2-3-5-15(14)21-16)19-9-11-6-12(17)8-13(18)7-11/h2-8,10,19H,9H2,1H3,(H,20,21). The topological polar surface area (TPSA) is 40.7 Å². The average molecular weight is 320 g/mol. The zero-order chi connectivity index (χ0) is 14.8. The Morgan fingerprint density at radius 1 is 1.14 bits per heavy atom. The Labute approximate surface area is 133 Å². The zero-order valence-corrected chi connectivity index (χ0v) is 13.0. The Kier molecular flexibility index (Phi) is 4.15. The largest absolute Gasteiger partial charge is 0.341 e. The number of aromatic nitrogens is 2. The molecular weight excluding hydrogens is 305 g/mol. The van der Waals surface area contributed by atoms with E-state index in [-0.39, 0.29) is 6.04 Å². The van der Waals surface area contributed by atoms with Gasteiger partial charge in [-0.05, 0) is 42.8 Å². The van der Waals surface area contributed by atoms with Crippen LogP contribution >= 0.6 is 23.2 Å². The van der Waals surface area contributed by atoms with Crippen LogP contribution in [0.15, 0.2) is 42.5 Å². The summed E-state index contributed by atoms with van der Waals surface area (Å²) in [6, 6.07) is 13.7. The van der Waals surface area contributed by atoms with Crippen molar-refractivity contribution >= 4 is 34.2 Å². The first-order chi connectivity index (χ1) is 10.1. The van der Waals surface area contributed by atoms with E-state index in [0.29, 0.717) is 16.6 Å². The lowest BCUT2D eigenvalue weighted by atomic mass is 10.2. The molecule has 0 spiro atoms. The Morgan fingerprint density at radius 2 is 1.86 bits per heavy atom. The second-order valence-corrected chi connectivity index (χ2v) is 5.89. The summed E-state index contributed by atoms with van der Waals surface area (Å²) in [6.07, 6.45) is 0. The van der Waals surface area contributed by atoms with Crippen LogP contribution in [-0.2, 0) is 6.54 Å². The summed E-state index contributed by atoms with van der Waals surface area (Å²) >= 11 is 12.0. The summed E-state index contributed by atoms with van der Waals surface area (Å²) in [5.74, 6) is 0.921. The van der Waals surface area contributed by atoms with Gasteiger partial charge in [-0.2, -0.15) is 0 Å². The van der Waals surface area contributed by atoms with Crippen LogP contribution in [0.25, 0.3) is 11.0 Å². The van der Waals surface area contributed by atoms with Gasteiger partial charge in [-0.25, -0.2) is 4.98 Å². The van der Waals surface area contributed by atoms with Gasteiger partial charge in [0, 0.05) is 16.6 Å². The van der Waals surface area contributed by atoms with Crippen LogP contribution in [0.1, 0.15) is 24.4 Å². The van der Waals surface area contributed by atoms with E-state index in [9.17, 15) is 0 Å². The monoisotopic (exact) mass is 319 g/mol. The quantitative estimate of drug-likeness (QED) is 0.730. The Hall–Kier alpha value is -1.55. The van der Waals surface area contributed by atoms with Gasteiger partial charge in [-0.15, -0.1) is 0 Å². The number of fused-ring (bicyclic) bond motifs is 1. The third kappa shape index (κ3) is 3.38. The summed E-state index contributed by atoms with van der Waals surface area (Å²) < 4.78 is 0. The van der Waals surface area contributed by atoms with Crippen LogP contribution in [0.4, 0.5) is 0 Å². The number of hydrogen-bond donors (Lipinski definition) is 2. The molecule has 0 radical (unpaired) electrons. The molecule has 3 aromatic rings. The second-order valence-electron chi connectivity index (χ2n) is 5.02. The molecule has 1 unspecified atom stereocenters. The van der Waals surface area contributed by atoms with Gasteiger partial charge in [0.15, 0.2) is 0 Å². The van der Waals surface area contributed by atoms with E-state index in [1.54, 1.807) is 6.07 Å². The third-order valence-electron chi connectivity index (χ3n) is 3.35.